The maximum atomic E-state index is 14.0. The van der Waals surface area contributed by atoms with Crippen LogP contribution in [0.3, 0.4) is 0 Å². The summed E-state index contributed by atoms with van der Waals surface area (Å²) in [5, 5.41) is 0. The summed E-state index contributed by atoms with van der Waals surface area (Å²) in [7, 11) is -3.38. The average molecular weight is 461 g/mol. The first-order chi connectivity index (χ1) is 14.3. The average Bonchev–Trinajstić information content (AvgIpc) is 2.92. The Morgan fingerprint density at radius 1 is 1.10 bits per heavy atom. The van der Waals surface area contributed by atoms with E-state index >= 15 is 0 Å². The molecule has 2 heterocycles. The number of fused-ring (bicyclic) bond motifs is 2. The molecule has 1 unspecified atom stereocenters. The molecule has 2 bridgehead atoms. The first-order valence-corrected chi connectivity index (χ1v) is 12.4. The van der Waals surface area contributed by atoms with Crippen molar-refractivity contribution >= 4 is 15.7 Å². The molecule has 2 aliphatic rings. The highest BCUT2D eigenvalue weighted by Gasteiger charge is 2.44. The molecule has 0 aromatic heterocycles. The van der Waals surface area contributed by atoms with Gasteiger partial charge in [0.05, 0.1) is 10.5 Å². The lowest BCUT2D eigenvalue weighted by Gasteiger charge is -2.41. The minimum atomic E-state index is -3.38. The summed E-state index contributed by atoms with van der Waals surface area (Å²) in [6.45, 7) is 4.87. The second kappa shape index (κ2) is 8.73. The third kappa shape index (κ3) is 5.08. The molecule has 2 saturated heterocycles. The lowest BCUT2D eigenvalue weighted by Crippen LogP contribution is -2.50. The lowest BCUT2D eigenvalue weighted by atomic mass is 9.82. The molecule has 1 aromatic rings. The number of nitrogens with zero attached hydrogens (tertiary/aromatic N) is 1. The molecule has 1 aromatic carbocycles. The number of carbonyl (C=O) groups is 1. The Morgan fingerprint density at radius 2 is 1.65 bits per heavy atom. The number of benzene rings is 1. The van der Waals surface area contributed by atoms with Gasteiger partial charge in [0.25, 0.3) is 0 Å². The van der Waals surface area contributed by atoms with Crippen molar-refractivity contribution in [2.24, 2.45) is 11.7 Å². The van der Waals surface area contributed by atoms with Crippen LogP contribution in [-0.2, 0) is 21.1 Å². The van der Waals surface area contributed by atoms with Gasteiger partial charge >= 0.3 is 0 Å². The zero-order valence-electron chi connectivity index (χ0n) is 18.2. The highest BCUT2D eigenvalue weighted by atomic mass is 32.2. The van der Waals surface area contributed by atoms with Crippen LogP contribution < -0.4 is 5.73 Å². The molecule has 1 amide bonds. The largest absolute Gasteiger partial charge is 0.337 e. The number of piperidine rings is 1. The summed E-state index contributed by atoms with van der Waals surface area (Å²) < 4.78 is 64.4. The molecule has 2 aliphatic heterocycles. The molecule has 0 aliphatic carbocycles. The number of hydrogen-bond acceptors (Lipinski definition) is 4. The highest BCUT2D eigenvalue weighted by molar-refractivity contribution is 7.92. The number of rotatable bonds is 6. The third-order valence-electron chi connectivity index (χ3n) is 6.73. The van der Waals surface area contributed by atoms with Gasteiger partial charge in [-0.05, 0) is 70.4 Å². The number of carbonyl (C=O) groups excluding carboxylic acids is 1. The molecule has 5 nitrogen and oxygen atoms in total. The standard InChI is InChI=1S/C22H31F3N2O3S/c1-22(2,3)31(29,30)7-6-21(28)27-15-4-5-16(27)9-14(8-15)20(26)11-13-10-18(24)19(25)12-17(13)23/h10,12,14-16,20H,4-9,11,26H2,1-3H3/t14?,15-,16+,20-/m1/s1. The SMILES string of the molecule is CC(C)(C)S(=O)(=O)CCC(=O)N1[C@@H]2CC[C@H]1CC([C@H](N)Cc1cc(F)c(F)cc1F)C2. The van der Waals surface area contributed by atoms with E-state index in [0.29, 0.717) is 18.9 Å². The molecule has 4 atom stereocenters. The lowest BCUT2D eigenvalue weighted by molar-refractivity contribution is -0.136. The second-order valence-corrected chi connectivity index (χ2v) is 12.7. The molecule has 9 heteroatoms. The molecule has 0 spiro atoms. The van der Waals surface area contributed by atoms with Crippen molar-refractivity contribution in [3.8, 4) is 0 Å². The van der Waals surface area contributed by atoms with Crippen LogP contribution in [0.5, 0.6) is 0 Å². The van der Waals surface area contributed by atoms with Crippen LogP contribution in [0.2, 0.25) is 0 Å². The number of nitrogens with two attached hydrogens (primary N) is 1. The van der Waals surface area contributed by atoms with Crippen LogP contribution in [0.1, 0.15) is 58.4 Å². The Morgan fingerprint density at radius 3 is 2.19 bits per heavy atom. The van der Waals surface area contributed by atoms with Gasteiger partial charge in [-0.2, -0.15) is 0 Å². The van der Waals surface area contributed by atoms with Crippen LogP contribution in [0.15, 0.2) is 12.1 Å². The Bertz CT molecular complexity index is 932. The van der Waals surface area contributed by atoms with Crippen molar-refractivity contribution in [2.45, 2.75) is 82.2 Å². The Hall–Kier alpha value is -1.61. The monoisotopic (exact) mass is 460 g/mol. The fraction of sp³-hybridized carbons (Fsp3) is 0.682. The molecular weight excluding hydrogens is 429 g/mol. The van der Waals surface area contributed by atoms with Crippen molar-refractivity contribution < 1.29 is 26.4 Å². The summed E-state index contributed by atoms with van der Waals surface area (Å²) in [6.07, 6.45) is 2.98. The summed E-state index contributed by atoms with van der Waals surface area (Å²) in [5.41, 5.74) is 6.36. The Kier molecular flexibility index (Phi) is 6.77. The highest BCUT2D eigenvalue weighted by Crippen LogP contribution is 2.40. The number of hydrogen-bond donors (Lipinski definition) is 1. The molecule has 0 saturated carbocycles. The molecule has 2 fully saturated rings. The van der Waals surface area contributed by atoms with E-state index in [1.165, 1.54) is 0 Å². The van der Waals surface area contributed by atoms with Crippen LogP contribution >= 0.6 is 0 Å². The van der Waals surface area contributed by atoms with E-state index in [4.69, 9.17) is 5.73 Å². The summed E-state index contributed by atoms with van der Waals surface area (Å²) in [5.74, 6) is -3.46. The fourth-order valence-electron chi connectivity index (χ4n) is 4.77. The molecule has 2 N–H and O–H groups in total. The van der Waals surface area contributed by atoms with E-state index < -0.39 is 38.1 Å². The van der Waals surface area contributed by atoms with Crippen molar-refractivity contribution in [1.29, 1.82) is 0 Å². The summed E-state index contributed by atoms with van der Waals surface area (Å²) in [6, 6.07) is 0.909. The van der Waals surface area contributed by atoms with Gasteiger partial charge in [-0.15, -0.1) is 0 Å². The van der Waals surface area contributed by atoms with Gasteiger partial charge in [-0.1, -0.05) is 0 Å². The van der Waals surface area contributed by atoms with Crippen molar-refractivity contribution in [2.75, 3.05) is 5.75 Å². The molecular formula is C22H31F3N2O3S. The number of halogens is 3. The van der Waals surface area contributed by atoms with E-state index in [1.807, 2.05) is 4.90 Å². The number of amides is 1. The van der Waals surface area contributed by atoms with E-state index in [2.05, 4.69) is 0 Å². The minimum Gasteiger partial charge on any atom is -0.337 e. The third-order valence-corrected chi connectivity index (χ3v) is 9.33. The fourth-order valence-corrected chi connectivity index (χ4v) is 5.83. The first kappa shape index (κ1) is 24.0. The first-order valence-electron chi connectivity index (χ1n) is 10.7. The smallest absolute Gasteiger partial charge is 0.224 e. The van der Waals surface area contributed by atoms with E-state index in [0.717, 1.165) is 18.9 Å². The van der Waals surface area contributed by atoms with Crippen LogP contribution in [-0.4, -0.2) is 47.9 Å². The summed E-state index contributed by atoms with van der Waals surface area (Å²) >= 11 is 0. The molecule has 0 radical (unpaired) electrons. The van der Waals surface area contributed by atoms with Gasteiger partial charge in [0.2, 0.25) is 5.91 Å². The van der Waals surface area contributed by atoms with Gasteiger partial charge in [0.1, 0.15) is 5.82 Å². The predicted molar refractivity (Wildman–Crippen MR) is 113 cm³/mol. The maximum Gasteiger partial charge on any atom is 0.224 e. The predicted octanol–water partition coefficient (Wildman–Crippen LogP) is 3.35. The maximum absolute atomic E-state index is 14.0. The summed E-state index contributed by atoms with van der Waals surface area (Å²) in [4.78, 5) is 14.6. The minimum absolute atomic E-state index is 0.0190. The quantitative estimate of drug-likeness (QED) is 0.661. The van der Waals surface area contributed by atoms with Crippen LogP contribution in [0.25, 0.3) is 0 Å². The molecule has 31 heavy (non-hydrogen) atoms. The normalized spacial score (nSPS) is 25.0. The second-order valence-electron chi connectivity index (χ2n) is 9.82. The van der Waals surface area contributed by atoms with Crippen LogP contribution in [0, 0.1) is 23.4 Å². The van der Waals surface area contributed by atoms with Gasteiger partial charge < -0.3 is 10.6 Å². The van der Waals surface area contributed by atoms with E-state index in [1.54, 1.807) is 20.8 Å². The van der Waals surface area contributed by atoms with Gasteiger partial charge in [0.15, 0.2) is 21.5 Å². The van der Waals surface area contributed by atoms with Crippen molar-refractivity contribution in [3.05, 3.63) is 35.1 Å². The van der Waals surface area contributed by atoms with Crippen LogP contribution in [0.4, 0.5) is 13.2 Å². The Labute approximate surface area is 182 Å². The van der Waals surface area contributed by atoms with Gasteiger partial charge in [-0.25, -0.2) is 21.6 Å². The topological polar surface area (TPSA) is 80.5 Å². The zero-order chi connectivity index (χ0) is 23.1. The molecule has 3 rings (SSSR count). The van der Waals surface area contributed by atoms with Gasteiger partial charge in [0, 0.05) is 30.6 Å². The van der Waals surface area contributed by atoms with E-state index in [-0.39, 0.29) is 48.1 Å². The van der Waals surface area contributed by atoms with Gasteiger partial charge in [-0.3, -0.25) is 4.79 Å². The molecule has 174 valence electrons. The van der Waals surface area contributed by atoms with Crippen molar-refractivity contribution in [1.82, 2.24) is 4.90 Å². The van der Waals surface area contributed by atoms with E-state index in [9.17, 15) is 26.4 Å². The number of sulfone groups is 1. The van der Waals surface area contributed by atoms with Crippen molar-refractivity contribution in [3.63, 3.8) is 0 Å². The zero-order valence-corrected chi connectivity index (χ0v) is 19.0. The Balaban J connectivity index is 1.62.